The molecule has 2 atom stereocenters. The summed E-state index contributed by atoms with van der Waals surface area (Å²) in [7, 11) is 1.67. The zero-order chi connectivity index (χ0) is 17.6. The fourth-order valence-electron chi connectivity index (χ4n) is 3.48. The van der Waals surface area contributed by atoms with Gasteiger partial charge in [-0.15, -0.1) is 10.2 Å². The molecule has 2 aromatic rings. The normalized spacial score (nSPS) is 20.2. The van der Waals surface area contributed by atoms with Gasteiger partial charge in [-0.25, -0.2) is 0 Å². The first-order valence-electron chi connectivity index (χ1n) is 8.83. The molecule has 1 saturated carbocycles. The molecule has 6 heteroatoms. The number of methoxy groups -OCH3 is 1. The molecular weight excluding hydrogens is 332 g/mol. The molecule has 25 heavy (non-hydrogen) atoms. The maximum atomic E-state index is 8.82. The van der Waals surface area contributed by atoms with Crippen LogP contribution in [0.5, 0.6) is 5.75 Å². The van der Waals surface area contributed by atoms with Crippen LogP contribution in [0.3, 0.4) is 0 Å². The Morgan fingerprint density at radius 2 is 2.00 bits per heavy atom. The number of aromatic nitrogens is 3. The molecule has 1 aromatic carbocycles. The van der Waals surface area contributed by atoms with Gasteiger partial charge in [0, 0.05) is 23.8 Å². The summed E-state index contributed by atoms with van der Waals surface area (Å²) in [4.78, 5) is 0. The average molecular weight is 356 g/mol. The van der Waals surface area contributed by atoms with Crippen molar-refractivity contribution in [3.8, 4) is 23.2 Å². The van der Waals surface area contributed by atoms with E-state index in [-0.39, 0.29) is 0 Å². The van der Waals surface area contributed by atoms with E-state index < -0.39 is 0 Å². The molecule has 0 radical (unpaired) electrons. The second-order valence-corrected chi connectivity index (χ2v) is 7.55. The lowest BCUT2D eigenvalue weighted by Gasteiger charge is -2.31. The standard InChI is InChI=1S/C19H24N4OS/c1-14-6-3-4-7-17(14)23-18(15-8-10-16(24-2)11-9-15)21-22-19(23)25-13-5-12-20/h8-11,14,17H,3-7,13H2,1-2H3/t14-,17+/m1/s1. The molecule has 1 aromatic heterocycles. The molecule has 1 fully saturated rings. The van der Waals surface area contributed by atoms with Gasteiger partial charge in [0.25, 0.3) is 0 Å². The molecule has 0 unspecified atom stereocenters. The fourth-order valence-corrected chi connectivity index (χ4v) is 4.31. The second kappa shape index (κ2) is 8.39. The third-order valence-corrected chi connectivity index (χ3v) is 5.80. The van der Waals surface area contributed by atoms with Crippen molar-refractivity contribution in [1.82, 2.24) is 14.8 Å². The Morgan fingerprint density at radius 3 is 2.68 bits per heavy atom. The molecule has 1 heterocycles. The number of benzene rings is 1. The Bertz CT molecular complexity index is 735. The van der Waals surface area contributed by atoms with Crippen molar-refractivity contribution in [2.24, 2.45) is 5.92 Å². The average Bonchev–Trinajstić information content (AvgIpc) is 3.06. The maximum Gasteiger partial charge on any atom is 0.191 e. The number of nitrogens with zero attached hydrogens (tertiary/aromatic N) is 4. The predicted octanol–water partition coefficient (Wildman–Crippen LogP) is 4.71. The highest BCUT2D eigenvalue weighted by Gasteiger charge is 2.28. The number of nitriles is 1. The number of hydrogen-bond acceptors (Lipinski definition) is 5. The van der Waals surface area contributed by atoms with Gasteiger partial charge in [-0.05, 0) is 43.0 Å². The van der Waals surface area contributed by atoms with Crippen molar-refractivity contribution in [2.75, 3.05) is 12.9 Å². The van der Waals surface area contributed by atoms with Crippen molar-refractivity contribution in [3.63, 3.8) is 0 Å². The van der Waals surface area contributed by atoms with Gasteiger partial charge in [-0.3, -0.25) is 4.57 Å². The van der Waals surface area contributed by atoms with Gasteiger partial charge in [0.1, 0.15) is 5.75 Å². The van der Waals surface area contributed by atoms with Crippen LogP contribution in [0.25, 0.3) is 11.4 Å². The third kappa shape index (κ3) is 3.98. The van der Waals surface area contributed by atoms with Crippen molar-refractivity contribution in [2.45, 2.75) is 50.2 Å². The highest BCUT2D eigenvalue weighted by molar-refractivity contribution is 7.99. The zero-order valence-electron chi connectivity index (χ0n) is 14.8. The first-order valence-corrected chi connectivity index (χ1v) is 9.82. The van der Waals surface area contributed by atoms with Crippen LogP contribution in [0.15, 0.2) is 29.4 Å². The van der Waals surface area contributed by atoms with E-state index in [1.165, 1.54) is 19.3 Å². The summed E-state index contributed by atoms with van der Waals surface area (Å²) in [5, 5.41) is 18.7. The highest BCUT2D eigenvalue weighted by atomic mass is 32.2. The summed E-state index contributed by atoms with van der Waals surface area (Å²) in [6.07, 6.45) is 5.48. The van der Waals surface area contributed by atoms with Crippen LogP contribution in [0, 0.1) is 17.2 Å². The van der Waals surface area contributed by atoms with Gasteiger partial charge in [-0.2, -0.15) is 5.26 Å². The molecule has 5 nitrogen and oxygen atoms in total. The van der Waals surface area contributed by atoms with E-state index >= 15 is 0 Å². The van der Waals surface area contributed by atoms with E-state index in [0.29, 0.717) is 18.4 Å². The molecule has 0 saturated heterocycles. The van der Waals surface area contributed by atoms with Gasteiger partial charge in [0.05, 0.1) is 13.2 Å². The number of ether oxygens (including phenoxy) is 1. The van der Waals surface area contributed by atoms with Crippen molar-refractivity contribution < 1.29 is 4.74 Å². The third-order valence-electron chi connectivity index (χ3n) is 4.86. The van der Waals surface area contributed by atoms with Gasteiger partial charge < -0.3 is 4.74 Å². The molecular formula is C19H24N4OS. The van der Waals surface area contributed by atoms with E-state index in [4.69, 9.17) is 10.00 Å². The van der Waals surface area contributed by atoms with Crippen LogP contribution in [-0.4, -0.2) is 27.6 Å². The van der Waals surface area contributed by atoms with Crippen LogP contribution in [0.2, 0.25) is 0 Å². The maximum absolute atomic E-state index is 8.82. The van der Waals surface area contributed by atoms with Crippen molar-refractivity contribution in [3.05, 3.63) is 24.3 Å². The Kier molecular flexibility index (Phi) is 5.98. The quantitative estimate of drug-likeness (QED) is 0.554. The molecule has 132 valence electrons. The summed E-state index contributed by atoms with van der Waals surface area (Å²) >= 11 is 1.63. The Morgan fingerprint density at radius 1 is 1.24 bits per heavy atom. The fraction of sp³-hybridized carbons (Fsp3) is 0.526. The smallest absolute Gasteiger partial charge is 0.191 e. The van der Waals surface area contributed by atoms with E-state index in [1.54, 1.807) is 18.9 Å². The van der Waals surface area contributed by atoms with Crippen LogP contribution in [0.4, 0.5) is 0 Å². The number of thioether (sulfide) groups is 1. The summed E-state index contributed by atoms with van der Waals surface area (Å²) in [6, 6.07) is 10.6. The van der Waals surface area contributed by atoms with Gasteiger partial charge in [0.2, 0.25) is 0 Å². The first-order chi connectivity index (χ1) is 12.2. The molecule has 0 bridgehead atoms. The minimum Gasteiger partial charge on any atom is -0.497 e. The van der Waals surface area contributed by atoms with Gasteiger partial charge in [0.15, 0.2) is 11.0 Å². The number of hydrogen-bond donors (Lipinski definition) is 0. The highest BCUT2D eigenvalue weighted by Crippen LogP contribution is 2.39. The molecule has 1 aliphatic rings. The largest absolute Gasteiger partial charge is 0.497 e. The van der Waals surface area contributed by atoms with E-state index in [2.05, 4.69) is 27.8 Å². The van der Waals surface area contributed by atoms with Crippen molar-refractivity contribution >= 4 is 11.8 Å². The Hall–Kier alpha value is -2.00. The SMILES string of the molecule is COc1ccc(-c2nnc(SCCC#N)n2[C@H]2CCCC[C@H]2C)cc1. The monoisotopic (exact) mass is 356 g/mol. The Balaban J connectivity index is 1.97. The van der Waals surface area contributed by atoms with E-state index in [1.807, 2.05) is 24.3 Å². The minimum absolute atomic E-state index is 0.422. The molecule has 1 aliphatic carbocycles. The molecule has 3 rings (SSSR count). The van der Waals surface area contributed by atoms with Crippen LogP contribution >= 0.6 is 11.8 Å². The lowest BCUT2D eigenvalue weighted by molar-refractivity contribution is 0.247. The lowest BCUT2D eigenvalue weighted by atomic mass is 9.85. The lowest BCUT2D eigenvalue weighted by Crippen LogP contribution is -2.22. The zero-order valence-corrected chi connectivity index (χ0v) is 15.6. The topological polar surface area (TPSA) is 63.7 Å². The summed E-state index contributed by atoms with van der Waals surface area (Å²) < 4.78 is 7.57. The molecule has 0 N–H and O–H groups in total. The second-order valence-electron chi connectivity index (χ2n) is 6.49. The van der Waals surface area contributed by atoms with Crippen LogP contribution in [-0.2, 0) is 0 Å². The van der Waals surface area contributed by atoms with Crippen LogP contribution < -0.4 is 4.74 Å². The van der Waals surface area contributed by atoms with E-state index in [0.717, 1.165) is 34.5 Å². The Labute approximate surface area is 153 Å². The van der Waals surface area contributed by atoms with E-state index in [9.17, 15) is 0 Å². The van der Waals surface area contributed by atoms with Crippen LogP contribution in [0.1, 0.15) is 45.1 Å². The summed E-state index contributed by atoms with van der Waals surface area (Å²) in [6.45, 7) is 2.32. The molecule has 0 amide bonds. The first kappa shape index (κ1) is 17.8. The predicted molar refractivity (Wildman–Crippen MR) is 99.6 cm³/mol. The molecule has 0 spiro atoms. The summed E-state index contributed by atoms with van der Waals surface area (Å²) in [5.74, 6) is 3.11. The minimum atomic E-state index is 0.422. The van der Waals surface area contributed by atoms with Gasteiger partial charge >= 0.3 is 0 Å². The van der Waals surface area contributed by atoms with Gasteiger partial charge in [-0.1, -0.05) is 31.5 Å². The molecule has 0 aliphatic heterocycles. The summed E-state index contributed by atoms with van der Waals surface area (Å²) in [5.41, 5.74) is 1.05. The number of rotatable bonds is 6. The van der Waals surface area contributed by atoms with Crippen molar-refractivity contribution in [1.29, 1.82) is 5.26 Å².